The van der Waals surface area contributed by atoms with Gasteiger partial charge in [-0.3, -0.25) is 0 Å². The molecule has 0 radical (unpaired) electrons. The average Bonchev–Trinajstić information content (AvgIpc) is 2.12. The van der Waals surface area contributed by atoms with E-state index in [1.165, 1.54) is 0 Å². The van der Waals surface area contributed by atoms with Gasteiger partial charge in [0.25, 0.3) is 0 Å². The van der Waals surface area contributed by atoms with E-state index in [1.54, 1.807) is 0 Å². The summed E-state index contributed by atoms with van der Waals surface area (Å²) in [6, 6.07) is 0. The zero-order chi connectivity index (χ0) is 11.5. The third-order valence-electron chi connectivity index (χ3n) is 1.50. The molecule has 4 atom stereocenters. The highest BCUT2D eigenvalue weighted by Crippen LogP contribution is 2.05. The van der Waals surface area contributed by atoms with Crippen LogP contribution in [0.5, 0.6) is 0 Å². The minimum Gasteiger partial charge on any atom is -0.479 e. The molecular weight excluding hydrogens is 228 g/mol. The van der Waals surface area contributed by atoms with Crippen molar-refractivity contribution in [1.82, 2.24) is 12.3 Å². The Morgan fingerprint density at radius 2 is 0.875 bits per heavy atom. The first-order valence-corrected chi connectivity index (χ1v) is 3.47. The van der Waals surface area contributed by atoms with Crippen LogP contribution in [0.4, 0.5) is 0 Å². The van der Waals surface area contributed by atoms with Gasteiger partial charge in [0.05, 0.1) is 0 Å². The summed E-state index contributed by atoms with van der Waals surface area (Å²) in [5.74, 6) is -3.68. The predicted molar refractivity (Wildman–Crippen MR) is 49.3 cm³/mol. The molecule has 0 bridgehead atoms. The average molecular weight is 244 g/mol. The quantitative estimate of drug-likeness (QED) is 0.243. The van der Waals surface area contributed by atoms with Crippen LogP contribution in [0.15, 0.2) is 0 Å². The molecule has 0 aliphatic carbocycles. The van der Waals surface area contributed by atoms with Crippen LogP contribution in [0.2, 0.25) is 0 Å². The fourth-order valence-corrected chi connectivity index (χ4v) is 0.666. The minimum absolute atomic E-state index is 0. The van der Waals surface area contributed by atoms with Crippen molar-refractivity contribution in [3.63, 3.8) is 0 Å². The van der Waals surface area contributed by atoms with Crippen molar-refractivity contribution in [2.75, 3.05) is 0 Å². The standard InChI is InChI=1S/C6H10O8.2H3N/c7-1(3(9)5(11)12)2(8)4(10)6(13)14;;/h1-4,7-10H,(H,11,12)(H,13,14);2*1H3/t1-,2-,3-,4+;;/m0../s1. The maximum absolute atomic E-state index is 10.1. The lowest BCUT2D eigenvalue weighted by Gasteiger charge is -2.21. The molecule has 10 nitrogen and oxygen atoms in total. The fourth-order valence-electron chi connectivity index (χ4n) is 0.666. The van der Waals surface area contributed by atoms with Gasteiger partial charge >= 0.3 is 11.9 Å². The van der Waals surface area contributed by atoms with Crippen LogP contribution >= 0.6 is 0 Å². The van der Waals surface area contributed by atoms with Gasteiger partial charge in [-0.1, -0.05) is 0 Å². The van der Waals surface area contributed by atoms with Crippen LogP contribution in [0.25, 0.3) is 0 Å². The first-order valence-electron chi connectivity index (χ1n) is 3.47. The van der Waals surface area contributed by atoms with E-state index in [4.69, 9.17) is 30.6 Å². The molecule has 0 spiro atoms. The molecule has 98 valence electrons. The molecule has 0 rings (SSSR count). The van der Waals surface area contributed by atoms with Gasteiger partial charge in [0, 0.05) is 0 Å². The van der Waals surface area contributed by atoms with Gasteiger partial charge in [-0.15, -0.1) is 0 Å². The van der Waals surface area contributed by atoms with E-state index in [-0.39, 0.29) is 12.3 Å². The SMILES string of the molecule is N.N.O=C(O)[C@@H](O)[C@@H](O)[C@H](O)[C@@H](O)C(=O)O. The summed E-state index contributed by atoms with van der Waals surface area (Å²) < 4.78 is 0. The maximum Gasteiger partial charge on any atom is 0.335 e. The molecule has 0 saturated carbocycles. The van der Waals surface area contributed by atoms with E-state index in [0.29, 0.717) is 0 Å². The van der Waals surface area contributed by atoms with E-state index < -0.39 is 36.4 Å². The van der Waals surface area contributed by atoms with Crippen molar-refractivity contribution in [3.05, 3.63) is 0 Å². The van der Waals surface area contributed by atoms with Crippen LogP contribution in [-0.2, 0) is 9.59 Å². The van der Waals surface area contributed by atoms with E-state index in [0.717, 1.165) is 0 Å². The Balaban J connectivity index is -0.000000845. The largest absolute Gasteiger partial charge is 0.479 e. The Kier molecular flexibility index (Phi) is 9.98. The molecule has 0 saturated heterocycles. The van der Waals surface area contributed by atoms with Gasteiger partial charge in [0.1, 0.15) is 12.2 Å². The van der Waals surface area contributed by atoms with Crippen molar-refractivity contribution in [2.45, 2.75) is 24.4 Å². The second-order valence-corrected chi connectivity index (χ2v) is 2.55. The van der Waals surface area contributed by atoms with Gasteiger partial charge in [-0.05, 0) is 0 Å². The third kappa shape index (κ3) is 4.97. The van der Waals surface area contributed by atoms with Crippen molar-refractivity contribution < 1.29 is 40.2 Å². The Morgan fingerprint density at radius 1 is 0.688 bits per heavy atom. The number of carboxylic acids is 2. The molecule has 0 aromatic rings. The van der Waals surface area contributed by atoms with Crippen molar-refractivity contribution >= 4 is 11.9 Å². The lowest BCUT2D eigenvalue weighted by molar-refractivity contribution is -0.172. The molecule has 0 fully saturated rings. The van der Waals surface area contributed by atoms with Gasteiger partial charge in [-0.25, -0.2) is 9.59 Å². The fraction of sp³-hybridized carbons (Fsp3) is 0.667. The smallest absolute Gasteiger partial charge is 0.335 e. The Labute approximate surface area is 89.9 Å². The molecular formula is C6H16N2O8. The number of rotatable bonds is 5. The zero-order valence-electron chi connectivity index (χ0n) is 8.22. The van der Waals surface area contributed by atoms with Gasteiger partial charge < -0.3 is 42.9 Å². The van der Waals surface area contributed by atoms with Crippen molar-refractivity contribution in [3.8, 4) is 0 Å². The first kappa shape index (κ1) is 20.2. The summed E-state index contributed by atoms with van der Waals surface area (Å²) in [6.45, 7) is 0. The molecule has 0 aliphatic heterocycles. The molecule has 0 aliphatic rings. The Bertz CT molecular complexity index is 211. The summed E-state index contributed by atoms with van der Waals surface area (Å²) in [5, 5.41) is 51.5. The van der Waals surface area contributed by atoms with Crippen molar-refractivity contribution in [2.24, 2.45) is 0 Å². The second-order valence-electron chi connectivity index (χ2n) is 2.55. The molecule has 0 aromatic carbocycles. The lowest BCUT2D eigenvalue weighted by atomic mass is 10.0. The molecule has 16 heavy (non-hydrogen) atoms. The number of hydrogen-bond donors (Lipinski definition) is 8. The lowest BCUT2D eigenvalue weighted by Crippen LogP contribution is -2.49. The molecule has 0 unspecified atom stereocenters. The van der Waals surface area contributed by atoms with Gasteiger partial charge in [0.15, 0.2) is 12.2 Å². The molecule has 12 N–H and O–H groups in total. The van der Waals surface area contributed by atoms with Gasteiger partial charge in [-0.2, -0.15) is 0 Å². The second kappa shape index (κ2) is 7.92. The number of carbonyl (C=O) groups is 2. The number of aliphatic carboxylic acids is 2. The van der Waals surface area contributed by atoms with Crippen LogP contribution in [0, 0.1) is 0 Å². The molecule has 0 heterocycles. The summed E-state index contributed by atoms with van der Waals surface area (Å²) in [4.78, 5) is 20.2. The van der Waals surface area contributed by atoms with E-state index in [1.807, 2.05) is 0 Å². The van der Waals surface area contributed by atoms with Crippen LogP contribution in [0.1, 0.15) is 0 Å². The monoisotopic (exact) mass is 244 g/mol. The topological polar surface area (TPSA) is 226 Å². The summed E-state index contributed by atoms with van der Waals surface area (Å²) in [6.07, 6.45) is -9.28. The zero-order valence-corrected chi connectivity index (χ0v) is 8.22. The molecule has 0 aromatic heterocycles. The highest BCUT2D eigenvalue weighted by Gasteiger charge is 2.37. The normalized spacial score (nSPS) is 17.0. The number of hydrogen-bond acceptors (Lipinski definition) is 8. The highest BCUT2D eigenvalue weighted by molar-refractivity contribution is 5.75. The van der Waals surface area contributed by atoms with E-state index in [2.05, 4.69) is 0 Å². The van der Waals surface area contributed by atoms with Crippen LogP contribution in [-0.4, -0.2) is 67.0 Å². The number of aliphatic hydroxyl groups is 4. The molecule has 0 amide bonds. The minimum atomic E-state index is -2.36. The molecule has 10 heteroatoms. The van der Waals surface area contributed by atoms with E-state index >= 15 is 0 Å². The van der Waals surface area contributed by atoms with Crippen molar-refractivity contribution in [1.29, 1.82) is 0 Å². The van der Waals surface area contributed by atoms with Crippen LogP contribution < -0.4 is 12.3 Å². The summed E-state index contributed by atoms with van der Waals surface area (Å²) in [7, 11) is 0. The Morgan fingerprint density at radius 3 is 1.00 bits per heavy atom. The summed E-state index contributed by atoms with van der Waals surface area (Å²) in [5.41, 5.74) is 0. The van der Waals surface area contributed by atoms with Crippen LogP contribution in [0.3, 0.4) is 0 Å². The maximum atomic E-state index is 10.1. The van der Waals surface area contributed by atoms with Gasteiger partial charge in [0.2, 0.25) is 0 Å². The highest BCUT2D eigenvalue weighted by atomic mass is 16.4. The summed E-state index contributed by atoms with van der Waals surface area (Å²) >= 11 is 0. The third-order valence-corrected chi connectivity index (χ3v) is 1.50. The predicted octanol–water partition coefficient (Wildman–Crippen LogP) is -3.08. The number of carboxylic acid groups (broad SMARTS) is 2. The first-order chi connectivity index (χ1) is 6.29. The van der Waals surface area contributed by atoms with E-state index in [9.17, 15) is 9.59 Å². The Hall–Kier alpha value is -1.30. The number of aliphatic hydroxyl groups excluding tert-OH is 4.